The summed E-state index contributed by atoms with van der Waals surface area (Å²) in [4.78, 5) is 11.9. The molecule has 0 bridgehead atoms. The smallest absolute Gasteiger partial charge is 0.251 e. The number of hydrogen-bond donors (Lipinski definition) is 2. The lowest BCUT2D eigenvalue weighted by Crippen LogP contribution is -2.25. The Labute approximate surface area is 113 Å². The number of ether oxygens (including phenoxy) is 2. The third-order valence-electron chi connectivity index (χ3n) is 2.70. The molecule has 0 saturated carbocycles. The number of benzene rings is 1. The lowest BCUT2D eigenvalue weighted by Gasteiger charge is -2.09. The number of hydrogen-bond acceptors (Lipinski definition) is 4. The maximum atomic E-state index is 11.9. The van der Waals surface area contributed by atoms with Crippen LogP contribution in [0.2, 0.25) is 0 Å². The maximum absolute atomic E-state index is 11.9. The monoisotopic (exact) mass is 267 g/mol. The van der Waals surface area contributed by atoms with Gasteiger partial charge in [0, 0.05) is 18.2 Å². The van der Waals surface area contributed by atoms with Gasteiger partial charge < -0.3 is 19.9 Å². The predicted molar refractivity (Wildman–Crippen MR) is 72.8 cm³/mol. The fourth-order valence-corrected chi connectivity index (χ4v) is 1.64. The number of rotatable bonds is 7. The molecule has 2 N–H and O–H groups in total. The second kappa shape index (κ2) is 7.63. The molecule has 1 rings (SSSR count). The minimum atomic E-state index is -0.339. The first kappa shape index (κ1) is 15.3. The molecule has 0 aliphatic carbocycles. The van der Waals surface area contributed by atoms with Crippen molar-refractivity contribution in [2.75, 3.05) is 20.8 Å². The number of carbonyl (C=O) groups is 1. The van der Waals surface area contributed by atoms with E-state index in [1.807, 2.05) is 0 Å². The second-order valence-corrected chi connectivity index (χ2v) is 4.35. The van der Waals surface area contributed by atoms with E-state index >= 15 is 0 Å². The van der Waals surface area contributed by atoms with Crippen molar-refractivity contribution in [2.24, 2.45) is 0 Å². The van der Waals surface area contributed by atoms with Crippen molar-refractivity contribution in [3.63, 3.8) is 0 Å². The number of aliphatic hydroxyl groups is 1. The number of nitrogens with one attached hydrogen (secondary N) is 1. The summed E-state index contributed by atoms with van der Waals surface area (Å²) < 4.78 is 10.2. The van der Waals surface area contributed by atoms with Gasteiger partial charge in [-0.1, -0.05) is 0 Å². The number of methoxy groups -OCH3 is 2. The molecule has 0 saturated heterocycles. The highest BCUT2D eigenvalue weighted by molar-refractivity contribution is 5.95. The first-order valence-electron chi connectivity index (χ1n) is 6.26. The van der Waals surface area contributed by atoms with Gasteiger partial charge in [0.1, 0.15) is 11.5 Å². The van der Waals surface area contributed by atoms with Crippen LogP contribution in [-0.4, -0.2) is 37.9 Å². The zero-order valence-electron chi connectivity index (χ0n) is 11.6. The van der Waals surface area contributed by atoms with Crippen molar-refractivity contribution < 1.29 is 19.4 Å². The Bertz CT molecular complexity index is 396. The molecular weight excluding hydrogens is 246 g/mol. The highest BCUT2D eigenvalue weighted by Crippen LogP contribution is 2.22. The number of carbonyl (C=O) groups excluding carboxylic acids is 1. The zero-order chi connectivity index (χ0) is 14.3. The van der Waals surface area contributed by atoms with Crippen molar-refractivity contribution in [1.82, 2.24) is 5.32 Å². The summed E-state index contributed by atoms with van der Waals surface area (Å²) in [5.41, 5.74) is 0.494. The molecule has 1 aromatic rings. The van der Waals surface area contributed by atoms with E-state index in [-0.39, 0.29) is 12.0 Å². The van der Waals surface area contributed by atoms with Gasteiger partial charge >= 0.3 is 0 Å². The first-order valence-corrected chi connectivity index (χ1v) is 6.26. The minimum Gasteiger partial charge on any atom is -0.497 e. The van der Waals surface area contributed by atoms with Crippen LogP contribution < -0.4 is 14.8 Å². The van der Waals surface area contributed by atoms with E-state index in [9.17, 15) is 4.79 Å². The summed E-state index contributed by atoms with van der Waals surface area (Å²) in [6.45, 7) is 2.26. The topological polar surface area (TPSA) is 67.8 Å². The normalized spacial score (nSPS) is 11.8. The highest BCUT2D eigenvalue weighted by Gasteiger charge is 2.09. The van der Waals surface area contributed by atoms with Gasteiger partial charge in [0.2, 0.25) is 0 Å². The summed E-state index contributed by atoms with van der Waals surface area (Å²) >= 11 is 0. The van der Waals surface area contributed by atoms with Crippen LogP contribution in [0, 0.1) is 0 Å². The van der Waals surface area contributed by atoms with E-state index in [4.69, 9.17) is 14.6 Å². The molecule has 0 aliphatic heterocycles. The van der Waals surface area contributed by atoms with Gasteiger partial charge in [-0.05, 0) is 31.9 Å². The second-order valence-electron chi connectivity index (χ2n) is 4.35. The molecule has 0 aliphatic rings. The van der Waals surface area contributed by atoms with Crippen molar-refractivity contribution in [1.29, 1.82) is 0 Å². The molecule has 1 unspecified atom stereocenters. The van der Waals surface area contributed by atoms with E-state index in [1.54, 1.807) is 39.3 Å². The fraction of sp³-hybridized carbons (Fsp3) is 0.500. The van der Waals surface area contributed by atoms with Crippen molar-refractivity contribution in [3.8, 4) is 11.5 Å². The van der Waals surface area contributed by atoms with Crippen LogP contribution in [0.5, 0.6) is 11.5 Å². The maximum Gasteiger partial charge on any atom is 0.251 e. The third-order valence-corrected chi connectivity index (χ3v) is 2.70. The van der Waals surface area contributed by atoms with Gasteiger partial charge in [-0.15, -0.1) is 0 Å². The van der Waals surface area contributed by atoms with E-state index in [1.165, 1.54) is 0 Å². The molecule has 5 heteroatoms. The molecule has 1 amide bonds. The molecule has 0 spiro atoms. The van der Waals surface area contributed by atoms with E-state index in [0.717, 1.165) is 6.42 Å². The molecule has 0 heterocycles. The molecule has 5 nitrogen and oxygen atoms in total. The Morgan fingerprint density at radius 3 is 2.32 bits per heavy atom. The van der Waals surface area contributed by atoms with Gasteiger partial charge in [-0.25, -0.2) is 0 Å². The van der Waals surface area contributed by atoms with E-state index in [2.05, 4.69) is 5.32 Å². The Morgan fingerprint density at radius 1 is 1.26 bits per heavy atom. The molecule has 106 valence electrons. The molecule has 19 heavy (non-hydrogen) atoms. The Balaban J connectivity index is 2.60. The predicted octanol–water partition coefficient (Wildman–Crippen LogP) is 1.59. The van der Waals surface area contributed by atoms with Crippen molar-refractivity contribution in [3.05, 3.63) is 23.8 Å². The quantitative estimate of drug-likeness (QED) is 0.736. The highest BCUT2D eigenvalue weighted by atomic mass is 16.5. The van der Waals surface area contributed by atoms with Crippen LogP contribution in [0.3, 0.4) is 0 Å². The molecule has 0 fully saturated rings. The van der Waals surface area contributed by atoms with E-state index < -0.39 is 0 Å². The fourth-order valence-electron chi connectivity index (χ4n) is 1.64. The van der Waals surface area contributed by atoms with Crippen molar-refractivity contribution >= 4 is 5.91 Å². The summed E-state index contributed by atoms with van der Waals surface area (Å²) in [5, 5.41) is 11.9. The number of aliphatic hydroxyl groups excluding tert-OH is 1. The van der Waals surface area contributed by atoms with Crippen LogP contribution in [-0.2, 0) is 0 Å². The summed E-state index contributed by atoms with van der Waals surface area (Å²) in [5.74, 6) is 0.977. The summed E-state index contributed by atoms with van der Waals surface area (Å²) in [6, 6.07) is 5.03. The molecule has 0 aromatic heterocycles. The molecule has 0 radical (unpaired) electrons. The minimum absolute atomic E-state index is 0.178. The molecule has 1 aromatic carbocycles. The van der Waals surface area contributed by atoms with Crippen LogP contribution in [0.15, 0.2) is 18.2 Å². The van der Waals surface area contributed by atoms with Gasteiger partial charge in [-0.3, -0.25) is 4.79 Å². The first-order chi connectivity index (χ1) is 9.06. The largest absolute Gasteiger partial charge is 0.497 e. The Hall–Kier alpha value is -1.75. The summed E-state index contributed by atoms with van der Waals surface area (Å²) in [7, 11) is 3.08. The van der Waals surface area contributed by atoms with E-state index in [0.29, 0.717) is 30.0 Å². The Morgan fingerprint density at radius 2 is 1.84 bits per heavy atom. The molecule has 1 atom stereocenters. The van der Waals surface area contributed by atoms with Gasteiger partial charge in [0.05, 0.1) is 20.3 Å². The Kier molecular flexibility index (Phi) is 6.15. The SMILES string of the molecule is COc1cc(OC)cc(C(=O)NCCCC(C)O)c1. The van der Waals surface area contributed by atoms with Gasteiger partial charge in [0.15, 0.2) is 0 Å². The van der Waals surface area contributed by atoms with Crippen LogP contribution in [0.25, 0.3) is 0 Å². The van der Waals surface area contributed by atoms with Crippen LogP contribution in [0.4, 0.5) is 0 Å². The van der Waals surface area contributed by atoms with Crippen LogP contribution in [0.1, 0.15) is 30.1 Å². The van der Waals surface area contributed by atoms with Crippen LogP contribution >= 0.6 is 0 Å². The average Bonchev–Trinajstić information content (AvgIpc) is 2.42. The standard InChI is InChI=1S/C14H21NO4/c1-10(16)5-4-6-15-14(17)11-7-12(18-2)9-13(8-11)19-3/h7-10,16H,4-6H2,1-3H3,(H,15,17). The van der Waals surface area contributed by atoms with Crippen molar-refractivity contribution in [2.45, 2.75) is 25.9 Å². The third kappa shape index (κ3) is 5.18. The average molecular weight is 267 g/mol. The lowest BCUT2D eigenvalue weighted by molar-refractivity contribution is 0.0949. The molecular formula is C14H21NO4. The number of amides is 1. The zero-order valence-corrected chi connectivity index (χ0v) is 11.6. The lowest BCUT2D eigenvalue weighted by atomic mass is 10.1. The van der Waals surface area contributed by atoms with Gasteiger partial charge in [-0.2, -0.15) is 0 Å². The van der Waals surface area contributed by atoms with Gasteiger partial charge in [0.25, 0.3) is 5.91 Å². The summed E-state index contributed by atoms with van der Waals surface area (Å²) in [6.07, 6.45) is 1.07.